The third kappa shape index (κ3) is 3.79. The number of ether oxygens (including phenoxy) is 2. The quantitative estimate of drug-likeness (QED) is 0.756. The van der Waals surface area contributed by atoms with Gasteiger partial charge < -0.3 is 9.47 Å². The number of hydrogen-bond donors (Lipinski definition) is 0. The predicted octanol–water partition coefficient (Wildman–Crippen LogP) is 4.27. The zero-order chi connectivity index (χ0) is 13.7. The minimum atomic E-state index is -0.609. The van der Waals surface area contributed by atoms with E-state index in [1.54, 1.807) is 0 Å². The van der Waals surface area contributed by atoms with E-state index >= 15 is 0 Å². The number of terminal acetylenes is 1. The molecule has 0 aliphatic heterocycles. The largest absolute Gasteiger partial charge is 0.475 e. The van der Waals surface area contributed by atoms with Crippen molar-refractivity contribution in [1.82, 2.24) is 0 Å². The van der Waals surface area contributed by atoms with E-state index in [1.807, 2.05) is 68.4 Å². The maximum absolute atomic E-state index is 5.69. The van der Waals surface area contributed by atoms with Crippen LogP contribution in [0.1, 0.15) is 13.8 Å². The fraction of sp³-hybridized carbons (Fsp3) is 0.176. The van der Waals surface area contributed by atoms with Crippen molar-refractivity contribution in [1.29, 1.82) is 0 Å². The van der Waals surface area contributed by atoms with Gasteiger partial charge in [-0.3, -0.25) is 0 Å². The van der Waals surface area contributed by atoms with Crippen molar-refractivity contribution in [3.05, 3.63) is 54.6 Å². The molecule has 0 amide bonds. The van der Waals surface area contributed by atoms with Crippen molar-refractivity contribution in [2.24, 2.45) is 0 Å². The molecule has 2 rings (SSSR count). The Balaban J connectivity index is 2.05. The van der Waals surface area contributed by atoms with Crippen molar-refractivity contribution in [3.63, 3.8) is 0 Å². The Bertz CT molecular complexity index is 562. The lowest BCUT2D eigenvalue weighted by Gasteiger charge is -2.20. The highest BCUT2D eigenvalue weighted by Gasteiger charge is 2.15. The zero-order valence-electron chi connectivity index (χ0n) is 11.1. The summed E-state index contributed by atoms with van der Waals surface area (Å²) in [5.41, 5.74) is -0.609. The summed E-state index contributed by atoms with van der Waals surface area (Å²) in [6.45, 7) is 3.70. The minimum Gasteiger partial charge on any atom is -0.475 e. The molecular formula is C17H16O2. The fourth-order valence-electron chi connectivity index (χ4n) is 1.52. The SMILES string of the molecule is C#CC(C)(C)Oc1ccc(Oc2ccccc2)cc1. The molecule has 0 fully saturated rings. The molecule has 0 atom stereocenters. The van der Waals surface area contributed by atoms with Crippen molar-refractivity contribution < 1.29 is 9.47 Å². The van der Waals surface area contributed by atoms with E-state index in [4.69, 9.17) is 15.9 Å². The molecule has 2 aromatic rings. The van der Waals surface area contributed by atoms with Gasteiger partial charge in [0.2, 0.25) is 0 Å². The van der Waals surface area contributed by atoms with Crippen LogP contribution in [0.15, 0.2) is 54.6 Å². The first-order valence-corrected chi connectivity index (χ1v) is 6.09. The van der Waals surface area contributed by atoms with Gasteiger partial charge in [-0.05, 0) is 50.2 Å². The Labute approximate surface area is 114 Å². The first-order valence-electron chi connectivity index (χ1n) is 6.09. The molecule has 0 aliphatic rings. The van der Waals surface area contributed by atoms with Crippen LogP contribution in [0.5, 0.6) is 17.2 Å². The van der Waals surface area contributed by atoms with E-state index in [2.05, 4.69) is 5.92 Å². The first kappa shape index (κ1) is 13.0. The Morgan fingerprint density at radius 2 is 1.37 bits per heavy atom. The fourth-order valence-corrected chi connectivity index (χ4v) is 1.52. The van der Waals surface area contributed by atoms with Crippen LogP contribution in [0.25, 0.3) is 0 Å². The highest BCUT2D eigenvalue weighted by atomic mass is 16.5. The summed E-state index contributed by atoms with van der Waals surface area (Å²) in [6.07, 6.45) is 5.39. The van der Waals surface area contributed by atoms with E-state index in [-0.39, 0.29) is 0 Å². The second kappa shape index (κ2) is 5.49. The Kier molecular flexibility index (Phi) is 3.77. The van der Waals surface area contributed by atoms with Crippen molar-refractivity contribution >= 4 is 0 Å². The summed E-state index contributed by atoms with van der Waals surface area (Å²) in [6, 6.07) is 17.0. The molecule has 0 unspecified atom stereocenters. The highest BCUT2D eigenvalue weighted by Crippen LogP contribution is 2.25. The van der Waals surface area contributed by atoms with Crippen LogP contribution in [-0.2, 0) is 0 Å². The zero-order valence-corrected chi connectivity index (χ0v) is 11.1. The lowest BCUT2D eigenvalue weighted by Crippen LogP contribution is -2.25. The summed E-state index contributed by atoms with van der Waals surface area (Å²) in [7, 11) is 0. The highest BCUT2D eigenvalue weighted by molar-refractivity contribution is 5.35. The molecule has 0 heterocycles. The number of rotatable bonds is 4. The van der Waals surface area contributed by atoms with E-state index in [9.17, 15) is 0 Å². The van der Waals surface area contributed by atoms with Crippen LogP contribution in [0.2, 0.25) is 0 Å². The number of para-hydroxylation sites is 1. The molecule has 0 radical (unpaired) electrons. The van der Waals surface area contributed by atoms with Gasteiger partial charge in [-0.25, -0.2) is 0 Å². The van der Waals surface area contributed by atoms with Crippen LogP contribution in [0.4, 0.5) is 0 Å². The van der Waals surface area contributed by atoms with Crippen molar-refractivity contribution in [2.75, 3.05) is 0 Å². The number of benzene rings is 2. The van der Waals surface area contributed by atoms with Gasteiger partial charge in [0.1, 0.15) is 17.2 Å². The summed E-state index contributed by atoms with van der Waals surface area (Å²) in [4.78, 5) is 0. The molecule has 0 bridgehead atoms. The molecule has 0 aromatic heterocycles. The third-order valence-electron chi connectivity index (χ3n) is 2.52. The second-order valence-corrected chi connectivity index (χ2v) is 4.64. The van der Waals surface area contributed by atoms with Gasteiger partial charge in [0.15, 0.2) is 5.60 Å². The molecule has 0 saturated heterocycles. The minimum absolute atomic E-state index is 0.609. The topological polar surface area (TPSA) is 18.5 Å². The van der Waals surface area contributed by atoms with Gasteiger partial charge in [-0.1, -0.05) is 24.1 Å². The van der Waals surface area contributed by atoms with Crippen LogP contribution in [0.3, 0.4) is 0 Å². The molecule has 2 nitrogen and oxygen atoms in total. The maximum Gasteiger partial charge on any atom is 0.163 e. The summed E-state index contributed by atoms with van der Waals surface area (Å²) < 4.78 is 11.4. The molecule has 96 valence electrons. The normalized spacial score (nSPS) is 10.6. The van der Waals surface area contributed by atoms with Gasteiger partial charge >= 0.3 is 0 Å². The second-order valence-electron chi connectivity index (χ2n) is 4.64. The molecule has 0 N–H and O–H groups in total. The monoisotopic (exact) mass is 252 g/mol. The Morgan fingerprint density at radius 3 is 1.95 bits per heavy atom. The average Bonchev–Trinajstić information content (AvgIpc) is 2.42. The molecule has 0 aliphatic carbocycles. The molecule has 2 aromatic carbocycles. The van der Waals surface area contributed by atoms with E-state index in [0.717, 1.165) is 17.2 Å². The Morgan fingerprint density at radius 1 is 0.842 bits per heavy atom. The van der Waals surface area contributed by atoms with E-state index in [1.165, 1.54) is 0 Å². The van der Waals surface area contributed by atoms with Crippen molar-refractivity contribution in [2.45, 2.75) is 19.4 Å². The van der Waals surface area contributed by atoms with Gasteiger partial charge in [0, 0.05) is 0 Å². The van der Waals surface area contributed by atoms with Gasteiger partial charge in [-0.15, -0.1) is 6.42 Å². The first-order chi connectivity index (χ1) is 9.09. The lowest BCUT2D eigenvalue weighted by atomic mass is 10.1. The molecule has 2 heteroatoms. The lowest BCUT2D eigenvalue weighted by molar-refractivity contribution is 0.172. The summed E-state index contributed by atoms with van der Waals surface area (Å²) in [5, 5.41) is 0. The van der Waals surface area contributed by atoms with Gasteiger partial charge in [0.25, 0.3) is 0 Å². The number of hydrogen-bond acceptors (Lipinski definition) is 2. The Hall–Kier alpha value is -2.40. The van der Waals surface area contributed by atoms with E-state index < -0.39 is 5.60 Å². The smallest absolute Gasteiger partial charge is 0.163 e. The molecule has 0 spiro atoms. The van der Waals surface area contributed by atoms with Crippen LogP contribution < -0.4 is 9.47 Å². The summed E-state index contributed by atoms with van der Waals surface area (Å²) in [5.74, 6) is 4.88. The summed E-state index contributed by atoms with van der Waals surface area (Å²) >= 11 is 0. The van der Waals surface area contributed by atoms with Gasteiger partial charge in [0.05, 0.1) is 0 Å². The third-order valence-corrected chi connectivity index (χ3v) is 2.52. The van der Waals surface area contributed by atoms with E-state index in [0.29, 0.717) is 0 Å². The average molecular weight is 252 g/mol. The standard InChI is InChI=1S/C17H16O2/c1-4-17(2,3)19-16-12-10-15(11-13-16)18-14-8-6-5-7-9-14/h1,5-13H,2-3H3. The van der Waals surface area contributed by atoms with Crippen LogP contribution in [0, 0.1) is 12.3 Å². The van der Waals surface area contributed by atoms with Crippen LogP contribution in [-0.4, -0.2) is 5.60 Å². The van der Waals surface area contributed by atoms with Crippen molar-refractivity contribution in [3.8, 4) is 29.6 Å². The predicted molar refractivity (Wildman–Crippen MR) is 76.5 cm³/mol. The maximum atomic E-state index is 5.69. The molecular weight excluding hydrogens is 236 g/mol. The molecule has 19 heavy (non-hydrogen) atoms. The molecule has 0 saturated carbocycles. The van der Waals surface area contributed by atoms with Gasteiger partial charge in [-0.2, -0.15) is 0 Å². The van der Waals surface area contributed by atoms with Crippen LogP contribution >= 0.6 is 0 Å².